The number of hydrogen-bond donors (Lipinski definition) is 1. The lowest BCUT2D eigenvalue weighted by atomic mass is 10.1. The Morgan fingerprint density at radius 1 is 1.19 bits per heavy atom. The van der Waals surface area contributed by atoms with Crippen LogP contribution in [0.3, 0.4) is 0 Å². The summed E-state index contributed by atoms with van der Waals surface area (Å²) < 4.78 is 0. The third kappa shape index (κ3) is 4.81. The summed E-state index contributed by atoms with van der Waals surface area (Å²) in [4.78, 5) is 6.61. The van der Waals surface area contributed by atoms with Crippen LogP contribution in [-0.2, 0) is 6.54 Å². The van der Waals surface area contributed by atoms with E-state index in [0.717, 1.165) is 30.9 Å². The van der Waals surface area contributed by atoms with Gasteiger partial charge in [0, 0.05) is 24.3 Å². The standard InChI is InChI=1S/C17H21ClN2O/c1-2-20(13-14-7-5-6-11-19-14)12-10-17(21)15-8-3-4-9-16(15)18/h3-9,11,17,21H,2,10,12-13H2,1H3. The van der Waals surface area contributed by atoms with Gasteiger partial charge in [-0.05, 0) is 36.7 Å². The van der Waals surface area contributed by atoms with E-state index in [1.165, 1.54) is 0 Å². The maximum atomic E-state index is 10.3. The minimum Gasteiger partial charge on any atom is -0.388 e. The van der Waals surface area contributed by atoms with Crippen LogP contribution in [0.15, 0.2) is 48.7 Å². The van der Waals surface area contributed by atoms with Crippen molar-refractivity contribution in [2.24, 2.45) is 0 Å². The number of hydrogen-bond acceptors (Lipinski definition) is 3. The van der Waals surface area contributed by atoms with Crippen LogP contribution in [-0.4, -0.2) is 28.1 Å². The summed E-state index contributed by atoms with van der Waals surface area (Å²) in [5, 5.41) is 10.9. The zero-order valence-electron chi connectivity index (χ0n) is 12.2. The van der Waals surface area contributed by atoms with Crippen LogP contribution in [0.2, 0.25) is 5.02 Å². The molecule has 112 valence electrons. The van der Waals surface area contributed by atoms with Gasteiger partial charge in [-0.15, -0.1) is 0 Å². The first kappa shape index (κ1) is 16.0. The number of aliphatic hydroxyl groups is 1. The summed E-state index contributed by atoms with van der Waals surface area (Å²) in [7, 11) is 0. The van der Waals surface area contributed by atoms with E-state index in [-0.39, 0.29) is 0 Å². The fraction of sp³-hybridized carbons (Fsp3) is 0.353. The zero-order valence-corrected chi connectivity index (χ0v) is 13.0. The molecule has 1 heterocycles. The largest absolute Gasteiger partial charge is 0.388 e. The summed E-state index contributed by atoms with van der Waals surface area (Å²) >= 11 is 6.11. The molecule has 0 radical (unpaired) electrons. The first-order chi connectivity index (χ1) is 10.2. The molecule has 0 spiro atoms. The molecule has 1 unspecified atom stereocenters. The summed E-state index contributed by atoms with van der Waals surface area (Å²) in [5.74, 6) is 0. The highest BCUT2D eigenvalue weighted by atomic mass is 35.5. The van der Waals surface area contributed by atoms with Gasteiger partial charge >= 0.3 is 0 Å². The van der Waals surface area contributed by atoms with Crippen LogP contribution in [0.4, 0.5) is 0 Å². The van der Waals surface area contributed by atoms with Gasteiger partial charge in [0.05, 0.1) is 11.8 Å². The van der Waals surface area contributed by atoms with Gasteiger partial charge in [-0.25, -0.2) is 0 Å². The molecule has 2 aromatic rings. The second kappa shape index (κ2) is 8.13. The fourth-order valence-corrected chi connectivity index (χ4v) is 2.54. The van der Waals surface area contributed by atoms with E-state index < -0.39 is 6.10 Å². The molecule has 0 saturated carbocycles. The molecule has 0 aliphatic heterocycles. The average Bonchev–Trinajstić information content (AvgIpc) is 2.52. The Hall–Kier alpha value is -1.42. The molecule has 0 bridgehead atoms. The van der Waals surface area contributed by atoms with Gasteiger partial charge in [-0.2, -0.15) is 0 Å². The van der Waals surface area contributed by atoms with E-state index in [0.29, 0.717) is 11.4 Å². The second-order valence-corrected chi connectivity index (χ2v) is 5.42. The molecule has 1 aromatic heterocycles. The maximum absolute atomic E-state index is 10.3. The molecule has 0 fully saturated rings. The Morgan fingerprint density at radius 2 is 1.95 bits per heavy atom. The summed E-state index contributed by atoms with van der Waals surface area (Å²) in [6.07, 6.45) is 1.93. The first-order valence-electron chi connectivity index (χ1n) is 7.25. The molecule has 3 nitrogen and oxygen atoms in total. The summed E-state index contributed by atoms with van der Waals surface area (Å²) in [6, 6.07) is 13.4. The van der Waals surface area contributed by atoms with Crippen molar-refractivity contribution in [2.75, 3.05) is 13.1 Å². The van der Waals surface area contributed by atoms with Gasteiger partial charge in [-0.3, -0.25) is 9.88 Å². The molecule has 2 rings (SSSR count). The van der Waals surface area contributed by atoms with Crippen molar-refractivity contribution in [1.29, 1.82) is 0 Å². The molecular formula is C17H21ClN2O. The maximum Gasteiger partial charge on any atom is 0.0816 e. The van der Waals surface area contributed by atoms with Gasteiger partial charge in [-0.1, -0.05) is 42.8 Å². The molecule has 1 N–H and O–H groups in total. The lowest BCUT2D eigenvalue weighted by Gasteiger charge is -2.22. The molecule has 21 heavy (non-hydrogen) atoms. The topological polar surface area (TPSA) is 36.4 Å². The molecule has 0 aliphatic rings. The Kier molecular flexibility index (Phi) is 6.18. The molecule has 4 heteroatoms. The van der Waals surface area contributed by atoms with E-state index in [1.54, 1.807) is 0 Å². The van der Waals surface area contributed by atoms with Crippen LogP contribution < -0.4 is 0 Å². The monoisotopic (exact) mass is 304 g/mol. The summed E-state index contributed by atoms with van der Waals surface area (Å²) in [5.41, 5.74) is 1.85. The van der Waals surface area contributed by atoms with E-state index >= 15 is 0 Å². The van der Waals surface area contributed by atoms with Gasteiger partial charge in [0.15, 0.2) is 0 Å². The predicted octanol–water partition coefficient (Wildman–Crippen LogP) is 3.68. The number of rotatable bonds is 7. The minimum absolute atomic E-state index is 0.531. The fourth-order valence-electron chi connectivity index (χ4n) is 2.28. The van der Waals surface area contributed by atoms with Gasteiger partial charge in [0.1, 0.15) is 0 Å². The number of aromatic nitrogens is 1. The Bertz CT molecular complexity index is 547. The van der Waals surface area contributed by atoms with Crippen LogP contribution in [0.5, 0.6) is 0 Å². The van der Waals surface area contributed by atoms with Crippen LogP contribution in [0.1, 0.15) is 30.7 Å². The quantitative estimate of drug-likeness (QED) is 0.847. The zero-order chi connectivity index (χ0) is 15.1. The van der Waals surface area contributed by atoms with Gasteiger partial charge in [0.25, 0.3) is 0 Å². The van der Waals surface area contributed by atoms with Crippen molar-refractivity contribution in [3.8, 4) is 0 Å². The van der Waals surface area contributed by atoms with Crippen molar-refractivity contribution in [2.45, 2.75) is 26.0 Å². The highest BCUT2D eigenvalue weighted by molar-refractivity contribution is 6.31. The number of benzene rings is 1. The van der Waals surface area contributed by atoms with Gasteiger partial charge in [0.2, 0.25) is 0 Å². The third-order valence-corrected chi connectivity index (χ3v) is 3.89. The van der Waals surface area contributed by atoms with Crippen molar-refractivity contribution < 1.29 is 5.11 Å². The van der Waals surface area contributed by atoms with Crippen LogP contribution in [0, 0.1) is 0 Å². The van der Waals surface area contributed by atoms with Gasteiger partial charge < -0.3 is 5.11 Å². The van der Waals surface area contributed by atoms with E-state index in [1.807, 2.05) is 48.7 Å². The summed E-state index contributed by atoms with van der Waals surface area (Å²) in [6.45, 7) is 4.64. The Labute approximate surface area is 131 Å². The molecule has 1 atom stereocenters. The Balaban J connectivity index is 1.90. The number of aliphatic hydroxyl groups excluding tert-OH is 1. The number of nitrogens with zero attached hydrogens (tertiary/aromatic N) is 2. The van der Waals surface area contributed by atoms with Crippen LogP contribution in [0.25, 0.3) is 0 Å². The average molecular weight is 305 g/mol. The number of halogens is 1. The lowest BCUT2D eigenvalue weighted by Crippen LogP contribution is -2.25. The predicted molar refractivity (Wildman–Crippen MR) is 86.2 cm³/mol. The van der Waals surface area contributed by atoms with Crippen molar-refractivity contribution in [1.82, 2.24) is 9.88 Å². The third-order valence-electron chi connectivity index (χ3n) is 3.54. The SMILES string of the molecule is CCN(CCC(O)c1ccccc1Cl)Cc1ccccn1. The molecule has 0 aliphatic carbocycles. The van der Waals surface area contributed by atoms with Crippen LogP contribution >= 0.6 is 11.6 Å². The normalized spacial score (nSPS) is 12.6. The van der Waals surface area contributed by atoms with Crippen molar-refractivity contribution in [3.05, 3.63) is 64.9 Å². The minimum atomic E-state index is -0.531. The van der Waals surface area contributed by atoms with E-state index in [9.17, 15) is 5.11 Å². The first-order valence-corrected chi connectivity index (χ1v) is 7.63. The van der Waals surface area contributed by atoms with E-state index in [4.69, 9.17) is 11.6 Å². The molecule has 0 saturated heterocycles. The van der Waals surface area contributed by atoms with E-state index in [2.05, 4.69) is 16.8 Å². The smallest absolute Gasteiger partial charge is 0.0816 e. The molecule has 1 aromatic carbocycles. The molecular weight excluding hydrogens is 284 g/mol. The van der Waals surface area contributed by atoms with Crippen molar-refractivity contribution >= 4 is 11.6 Å². The number of pyridine rings is 1. The highest BCUT2D eigenvalue weighted by Gasteiger charge is 2.13. The molecule has 0 amide bonds. The highest BCUT2D eigenvalue weighted by Crippen LogP contribution is 2.25. The lowest BCUT2D eigenvalue weighted by molar-refractivity contribution is 0.141. The second-order valence-electron chi connectivity index (χ2n) is 5.02. The van der Waals surface area contributed by atoms with Crippen molar-refractivity contribution in [3.63, 3.8) is 0 Å². The Morgan fingerprint density at radius 3 is 2.62 bits per heavy atom.